The van der Waals surface area contributed by atoms with Crippen LogP contribution in [0.3, 0.4) is 0 Å². The summed E-state index contributed by atoms with van der Waals surface area (Å²) in [6, 6.07) is 11.7. The van der Waals surface area contributed by atoms with Crippen LogP contribution < -0.4 is 0 Å². The van der Waals surface area contributed by atoms with Crippen LogP contribution in [-0.2, 0) is 11.3 Å². The van der Waals surface area contributed by atoms with Gasteiger partial charge in [0.2, 0.25) is 0 Å². The highest BCUT2D eigenvalue weighted by Gasteiger charge is 2.10. The van der Waals surface area contributed by atoms with Crippen LogP contribution in [0.2, 0.25) is 0 Å². The molecule has 0 aliphatic carbocycles. The molecule has 0 N–H and O–H groups in total. The Morgan fingerprint density at radius 1 is 1.12 bits per heavy atom. The minimum Gasteiger partial charge on any atom is -0.456 e. The Labute approximate surface area is 145 Å². The Balaban J connectivity index is 1.64. The maximum absolute atomic E-state index is 11.9. The van der Waals surface area contributed by atoms with Gasteiger partial charge in [0.15, 0.2) is 0 Å². The molecule has 3 rings (SSSR count). The summed E-state index contributed by atoms with van der Waals surface area (Å²) in [5, 5.41) is 2.85. The lowest BCUT2D eigenvalue weighted by atomic mass is 10.0. The molecule has 0 spiro atoms. The summed E-state index contributed by atoms with van der Waals surface area (Å²) in [5.74, 6) is 0.145. The number of thiazole rings is 1. The van der Waals surface area contributed by atoms with Crippen molar-refractivity contribution in [3.63, 3.8) is 0 Å². The highest BCUT2D eigenvalue weighted by Crippen LogP contribution is 2.26. The minimum atomic E-state index is -0.367. The first kappa shape index (κ1) is 16.3. The van der Waals surface area contributed by atoms with Crippen LogP contribution in [-0.4, -0.2) is 15.9 Å². The molecular weight excluding hydrogens is 320 g/mol. The minimum absolute atomic E-state index is 0.168. The van der Waals surface area contributed by atoms with E-state index in [0.717, 1.165) is 16.3 Å². The summed E-state index contributed by atoms with van der Waals surface area (Å²) in [7, 11) is 0. The number of rotatable bonds is 5. The maximum Gasteiger partial charge on any atom is 0.338 e. The van der Waals surface area contributed by atoms with Crippen LogP contribution in [0.15, 0.2) is 54.2 Å². The van der Waals surface area contributed by atoms with Gasteiger partial charge in [-0.1, -0.05) is 38.1 Å². The molecule has 0 unspecified atom stereocenters. The van der Waals surface area contributed by atoms with Crippen molar-refractivity contribution in [3.05, 3.63) is 71.0 Å². The van der Waals surface area contributed by atoms with Crippen molar-refractivity contribution >= 4 is 17.3 Å². The van der Waals surface area contributed by atoms with Crippen molar-refractivity contribution in [1.29, 1.82) is 0 Å². The summed E-state index contributed by atoms with van der Waals surface area (Å²) in [6.45, 7) is 4.52. The highest BCUT2D eigenvalue weighted by atomic mass is 32.1. The number of carbonyl (C=O) groups excluding carboxylic acids is 1. The second-order valence-corrected chi connectivity index (χ2v) is 6.59. The first-order chi connectivity index (χ1) is 11.6. The number of benzene rings is 1. The van der Waals surface area contributed by atoms with Crippen molar-refractivity contribution < 1.29 is 9.53 Å². The first-order valence-corrected chi connectivity index (χ1v) is 8.63. The van der Waals surface area contributed by atoms with Crippen molar-refractivity contribution in [1.82, 2.24) is 9.97 Å². The summed E-state index contributed by atoms with van der Waals surface area (Å²) in [4.78, 5) is 20.4. The third-order valence-corrected chi connectivity index (χ3v) is 4.58. The Morgan fingerprint density at radius 2 is 1.83 bits per heavy atom. The third-order valence-electron chi connectivity index (χ3n) is 3.64. The van der Waals surface area contributed by atoms with Crippen LogP contribution in [0.5, 0.6) is 0 Å². The van der Waals surface area contributed by atoms with E-state index in [0.29, 0.717) is 11.5 Å². The van der Waals surface area contributed by atoms with Crippen molar-refractivity contribution in [3.8, 4) is 10.6 Å². The van der Waals surface area contributed by atoms with Crippen molar-refractivity contribution in [2.75, 3.05) is 0 Å². The van der Waals surface area contributed by atoms with Gasteiger partial charge < -0.3 is 4.74 Å². The standard InChI is InChI=1S/C19H18N2O2S/c1-13(2)14-3-5-15(6-4-14)18-21-17(12-24-18)11-23-19(22)16-7-9-20-10-8-16/h3-10,12-13H,11H2,1-2H3. The molecule has 24 heavy (non-hydrogen) atoms. The normalized spacial score (nSPS) is 10.8. The number of hydrogen-bond acceptors (Lipinski definition) is 5. The fraction of sp³-hybridized carbons (Fsp3) is 0.211. The first-order valence-electron chi connectivity index (χ1n) is 7.75. The summed E-state index contributed by atoms with van der Waals surface area (Å²) >= 11 is 1.55. The van der Waals surface area contributed by atoms with Gasteiger partial charge in [0.05, 0.1) is 11.3 Å². The van der Waals surface area contributed by atoms with E-state index in [4.69, 9.17) is 4.74 Å². The molecule has 0 bridgehead atoms. The van der Waals surface area contributed by atoms with E-state index < -0.39 is 0 Å². The summed E-state index contributed by atoms with van der Waals surface area (Å²) < 4.78 is 5.29. The molecule has 5 heteroatoms. The summed E-state index contributed by atoms with van der Waals surface area (Å²) in [6.07, 6.45) is 3.14. The van der Waals surface area contributed by atoms with Gasteiger partial charge >= 0.3 is 5.97 Å². The number of nitrogens with zero attached hydrogens (tertiary/aromatic N) is 2. The lowest BCUT2D eigenvalue weighted by molar-refractivity contribution is 0.0468. The Hall–Kier alpha value is -2.53. The van der Waals surface area contributed by atoms with Gasteiger partial charge in [0.25, 0.3) is 0 Å². The van der Waals surface area contributed by atoms with Gasteiger partial charge in [-0.05, 0) is 23.6 Å². The zero-order valence-corrected chi connectivity index (χ0v) is 14.4. The molecule has 0 aliphatic rings. The van der Waals surface area contributed by atoms with Gasteiger partial charge in [-0.2, -0.15) is 0 Å². The molecule has 0 aliphatic heterocycles. The van der Waals surface area contributed by atoms with Crippen molar-refractivity contribution in [2.45, 2.75) is 26.4 Å². The molecule has 122 valence electrons. The zero-order chi connectivity index (χ0) is 16.9. The van der Waals surface area contributed by atoms with E-state index in [2.05, 4.69) is 48.1 Å². The number of aromatic nitrogens is 2. The third kappa shape index (κ3) is 3.86. The number of carbonyl (C=O) groups is 1. The quantitative estimate of drug-likeness (QED) is 0.634. The van der Waals surface area contributed by atoms with Gasteiger partial charge in [0, 0.05) is 23.3 Å². The number of hydrogen-bond donors (Lipinski definition) is 0. The maximum atomic E-state index is 11.9. The Kier molecular flexibility index (Phi) is 5.01. The van der Waals surface area contributed by atoms with Gasteiger partial charge in [0.1, 0.15) is 11.6 Å². The molecule has 0 radical (unpaired) electrons. The molecule has 1 aromatic carbocycles. The van der Waals surface area contributed by atoms with Gasteiger partial charge in [-0.15, -0.1) is 11.3 Å². The number of ether oxygens (including phenoxy) is 1. The molecule has 0 amide bonds. The average molecular weight is 338 g/mol. The average Bonchev–Trinajstić information content (AvgIpc) is 3.09. The molecule has 0 fully saturated rings. The Bertz CT molecular complexity index is 811. The predicted molar refractivity (Wildman–Crippen MR) is 95.0 cm³/mol. The largest absolute Gasteiger partial charge is 0.456 e. The van der Waals surface area contributed by atoms with E-state index in [-0.39, 0.29) is 12.6 Å². The van der Waals surface area contributed by atoms with E-state index in [1.165, 1.54) is 5.56 Å². The van der Waals surface area contributed by atoms with E-state index in [1.54, 1.807) is 35.9 Å². The molecule has 0 atom stereocenters. The molecule has 2 heterocycles. The number of pyridine rings is 1. The molecule has 0 saturated heterocycles. The van der Waals surface area contributed by atoms with Gasteiger partial charge in [-0.3, -0.25) is 4.98 Å². The predicted octanol–water partition coefficient (Wildman–Crippen LogP) is 4.69. The lowest BCUT2D eigenvalue weighted by Gasteiger charge is -2.05. The summed E-state index contributed by atoms with van der Waals surface area (Å²) in [5.41, 5.74) is 3.63. The molecule has 4 nitrogen and oxygen atoms in total. The second-order valence-electron chi connectivity index (χ2n) is 5.73. The van der Waals surface area contributed by atoms with Crippen LogP contribution in [0.4, 0.5) is 0 Å². The lowest BCUT2D eigenvalue weighted by Crippen LogP contribution is -2.05. The molecular formula is C19H18N2O2S. The molecule has 3 aromatic rings. The number of esters is 1. The van der Waals surface area contributed by atoms with E-state index in [1.807, 2.05) is 5.38 Å². The van der Waals surface area contributed by atoms with Crippen molar-refractivity contribution in [2.24, 2.45) is 0 Å². The van der Waals surface area contributed by atoms with E-state index >= 15 is 0 Å². The van der Waals surface area contributed by atoms with Crippen LogP contribution in [0.25, 0.3) is 10.6 Å². The van der Waals surface area contributed by atoms with Crippen LogP contribution >= 0.6 is 11.3 Å². The second kappa shape index (κ2) is 7.36. The highest BCUT2D eigenvalue weighted by molar-refractivity contribution is 7.13. The zero-order valence-electron chi connectivity index (χ0n) is 13.6. The fourth-order valence-electron chi connectivity index (χ4n) is 2.23. The molecule has 0 saturated carbocycles. The Morgan fingerprint density at radius 3 is 2.50 bits per heavy atom. The van der Waals surface area contributed by atoms with Crippen LogP contribution in [0, 0.1) is 0 Å². The molecule has 2 aromatic heterocycles. The van der Waals surface area contributed by atoms with E-state index in [9.17, 15) is 4.79 Å². The van der Waals surface area contributed by atoms with Crippen LogP contribution in [0.1, 0.15) is 41.4 Å². The SMILES string of the molecule is CC(C)c1ccc(-c2nc(COC(=O)c3ccncc3)cs2)cc1. The fourth-order valence-corrected chi connectivity index (χ4v) is 3.04. The topological polar surface area (TPSA) is 52.1 Å². The monoisotopic (exact) mass is 338 g/mol. The smallest absolute Gasteiger partial charge is 0.338 e. The van der Waals surface area contributed by atoms with Gasteiger partial charge in [-0.25, -0.2) is 9.78 Å².